The van der Waals surface area contributed by atoms with E-state index in [-0.39, 0.29) is 29.3 Å². The van der Waals surface area contributed by atoms with E-state index in [4.69, 9.17) is 14.2 Å². The van der Waals surface area contributed by atoms with E-state index in [1.165, 1.54) is 5.57 Å². The molecule has 1 saturated carbocycles. The van der Waals surface area contributed by atoms with Gasteiger partial charge in [-0.3, -0.25) is 0 Å². The van der Waals surface area contributed by atoms with Crippen LogP contribution in [-0.4, -0.2) is 48.3 Å². The molecule has 0 aromatic rings. The highest BCUT2D eigenvalue weighted by atomic mass is 16.6. The number of aliphatic hydroxyl groups excluding tert-OH is 1. The standard InChI is InChI=1S/C16H26O4/c1-10(2)5-6-12-15(3,20-12)14-13(18-4)11(17)7-8-16(14)9-19-16/h5,11-14,17H,6-9H2,1-4H3/t11-,12+,13+,14+,15+,16-/m1/s1. The molecule has 2 saturated heterocycles. The van der Waals surface area contributed by atoms with Crippen LogP contribution >= 0.6 is 0 Å². The summed E-state index contributed by atoms with van der Waals surface area (Å²) in [7, 11) is 1.68. The second-order valence-corrected chi connectivity index (χ2v) is 6.94. The number of rotatable bonds is 4. The Hall–Kier alpha value is -0.420. The number of epoxide rings is 2. The molecule has 0 unspecified atom stereocenters. The fourth-order valence-electron chi connectivity index (χ4n) is 3.96. The van der Waals surface area contributed by atoms with Gasteiger partial charge in [-0.15, -0.1) is 0 Å². The van der Waals surface area contributed by atoms with Gasteiger partial charge >= 0.3 is 0 Å². The fourth-order valence-corrected chi connectivity index (χ4v) is 3.96. The zero-order valence-corrected chi connectivity index (χ0v) is 12.9. The van der Waals surface area contributed by atoms with Gasteiger partial charge in [0.1, 0.15) is 5.60 Å². The third-order valence-electron chi connectivity index (χ3n) is 5.26. The van der Waals surface area contributed by atoms with Crippen molar-refractivity contribution in [3.8, 4) is 0 Å². The van der Waals surface area contributed by atoms with Crippen LogP contribution in [-0.2, 0) is 14.2 Å². The lowest BCUT2D eigenvalue weighted by molar-refractivity contribution is -0.116. The van der Waals surface area contributed by atoms with Crippen molar-refractivity contribution in [1.82, 2.24) is 0 Å². The van der Waals surface area contributed by atoms with Crippen molar-refractivity contribution in [2.45, 2.75) is 69.5 Å². The minimum Gasteiger partial charge on any atom is -0.390 e. The Morgan fingerprint density at radius 2 is 2.15 bits per heavy atom. The van der Waals surface area contributed by atoms with E-state index in [1.807, 2.05) is 0 Å². The van der Waals surface area contributed by atoms with Crippen LogP contribution in [0.2, 0.25) is 0 Å². The van der Waals surface area contributed by atoms with Crippen LogP contribution in [0.3, 0.4) is 0 Å². The predicted molar refractivity (Wildman–Crippen MR) is 75.5 cm³/mol. The molecule has 4 nitrogen and oxygen atoms in total. The highest BCUT2D eigenvalue weighted by Gasteiger charge is 2.71. The molecule has 2 heterocycles. The first-order valence-corrected chi connectivity index (χ1v) is 7.59. The average molecular weight is 282 g/mol. The Morgan fingerprint density at radius 3 is 2.70 bits per heavy atom. The Kier molecular flexibility index (Phi) is 3.49. The predicted octanol–water partition coefficient (Wildman–Crippen LogP) is 2.06. The lowest BCUT2D eigenvalue weighted by Crippen LogP contribution is -2.54. The molecule has 3 rings (SSSR count). The average Bonchev–Trinajstić information content (AvgIpc) is 3.29. The van der Waals surface area contributed by atoms with Gasteiger partial charge < -0.3 is 19.3 Å². The Labute approximate surface area is 121 Å². The summed E-state index contributed by atoms with van der Waals surface area (Å²) in [4.78, 5) is 0. The van der Waals surface area contributed by atoms with Crippen LogP contribution in [0.1, 0.15) is 40.0 Å². The molecule has 0 radical (unpaired) electrons. The maximum absolute atomic E-state index is 10.2. The van der Waals surface area contributed by atoms with Gasteiger partial charge in [0.15, 0.2) is 0 Å². The Bertz CT molecular complexity index is 411. The molecular weight excluding hydrogens is 256 g/mol. The smallest absolute Gasteiger partial charge is 0.101 e. The lowest BCUT2D eigenvalue weighted by Gasteiger charge is -2.41. The maximum atomic E-state index is 10.2. The first kappa shape index (κ1) is 14.5. The molecule has 6 atom stereocenters. The van der Waals surface area contributed by atoms with Crippen LogP contribution < -0.4 is 0 Å². The highest BCUT2D eigenvalue weighted by Crippen LogP contribution is 2.59. The van der Waals surface area contributed by atoms with E-state index < -0.39 is 6.10 Å². The van der Waals surface area contributed by atoms with E-state index in [0.717, 1.165) is 25.9 Å². The molecule has 20 heavy (non-hydrogen) atoms. The van der Waals surface area contributed by atoms with Crippen molar-refractivity contribution in [2.75, 3.05) is 13.7 Å². The third kappa shape index (κ3) is 2.23. The molecule has 114 valence electrons. The van der Waals surface area contributed by atoms with Crippen molar-refractivity contribution < 1.29 is 19.3 Å². The number of ether oxygens (including phenoxy) is 3. The summed E-state index contributed by atoms with van der Waals surface area (Å²) in [5, 5.41) is 10.2. The topological polar surface area (TPSA) is 54.5 Å². The zero-order valence-electron chi connectivity index (χ0n) is 12.9. The lowest BCUT2D eigenvalue weighted by atomic mass is 9.68. The highest BCUT2D eigenvalue weighted by molar-refractivity contribution is 5.20. The van der Waals surface area contributed by atoms with Gasteiger partial charge in [0.2, 0.25) is 0 Å². The summed E-state index contributed by atoms with van der Waals surface area (Å²) >= 11 is 0. The second-order valence-electron chi connectivity index (χ2n) is 6.94. The summed E-state index contributed by atoms with van der Waals surface area (Å²) < 4.78 is 17.4. The van der Waals surface area contributed by atoms with Crippen molar-refractivity contribution in [3.63, 3.8) is 0 Å². The number of hydrogen-bond acceptors (Lipinski definition) is 4. The molecule has 1 N–H and O–H groups in total. The number of hydrogen-bond donors (Lipinski definition) is 1. The van der Waals surface area contributed by atoms with Crippen molar-refractivity contribution in [3.05, 3.63) is 11.6 Å². The zero-order chi connectivity index (χ0) is 14.5. The van der Waals surface area contributed by atoms with Crippen LogP contribution in [0.5, 0.6) is 0 Å². The van der Waals surface area contributed by atoms with Crippen LogP contribution in [0, 0.1) is 5.92 Å². The van der Waals surface area contributed by atoms with E-state index in [9.17, 15) is 5.11 Å². The Morgan fingerprint density at radius 1 is 1.45 bits per heavy atom. The fraction of sp³-hybridized carbons (Fsp3) is 0.875. The molecule has 1 spiro atoms. The molecular formula is C16H26O4. The van der Waals surface area contributed by atoms with Gasteiger partial charge in [-0.05, 0) is 40.0 Å². The molecule has 0 amide bonds. The minimum absolute atomic E-state index is 0.117. The summed E-state index contributed by atoms with van der Waals surface area (Å²) in [6.45, 7) is 7.13. The first-order valence-electron chi connectivity index (χ1n) is 7.59. The summed E-state index contributed by atoms with van der Waals surface area (Å²) in [6, 6.07) is 0. The van der Waals surface area contributed by atoms with E-state index in [2.05, 4.69) is 26.8 Å². The number of methoxy groups -OCH3 is 1. The second kappa shape index (κ2) is 4.80. The molecule has 0 bridgehead atoms. The number of allylic oxidation sites excluding steroid dienone is 1. The molecule has 2 aliphatic heterocycles. The molecule has 3 fully saturated rings. The van der Waals surface area contributed by atoms with Gasteiger partial charge in [-0.2, -0.15) is 0 Å². The van der Waals surface area contributed by atoms with Gasteiger partial charge in [-0.1, -0.05) is 11.6 Å². The van der Waals surface area contributed by atoms with Crippen LogP contribution in [0.25, 0.3) is 0 Å². The van der Waals surface area contributed by atoms with E-state index >= 15 is 0 Å². The largest absolute Gasteiger partial charge is 0.390 e. The molecule has 0 aromatic heterocycles. The first-order chi connectivity index (χ1) is 9.43. The maximum Gasteiger partial charge on any atom is 0.101 e. The molecule has 3 aliphatic rings. The molecule has 1 aliphatic carbocycles. The summed E-state index contributed by atoms with van der Waals surface area (Å²) in [5.74, 6) is 0.124. The summed E-state index contributed by atoms with van der Waals surface area (Å²) in [5.41, 5.74) is 0.964. The van der Waals surface area contributed by atoms with E-state index in [0.29, 0.717) is 0 Å². The van der Waals surface area contributed by atoms with Crippen LogP contribution in [0.15, 0.2) is 11.6 Å². The SMILES string of the molecule is CO[C@H]1[C@H](O)CC[C@@]2(CO2)[C@@H]1[C@@]1(C)O[C@H]1CC=C(C)C. The monoisotopic (exact) mass is 282 g/mol. The van der Waals surface area contributed by atoms with Crippen molar-refractivity contribution >= 4 is 0 Å². The van der Waals surface area contributed by atoms with Crippen molar-refractivity contribution in [1.29, 1.82) is 0 Å². The van der Waals surface area contributed by atoms with E-state index in [1.54, 1.807) is 7.11 Å². The van der Waals surface area contributed by atoms with Gasteiger partial charge in [0.05, 0.1) is 36.4 Å². The quantitative estimate of drug-likeness (QED) is 0.633. The molecule has 4 heteroatoms. The van der Waals surface area contributed by atoms with Crippen LogP contribution in [0.4, 0.5) is 0 Å². The van der Waals surface area contributed by atoms with Gasteiger partial charge in [0, 0.05) is 7.11 Å². The normalized spacial score (nSPS) is 50.0. The Balaban J connectivity index is 1.78. The van der Waals surface area contributed by atoms with Crippen molar-refractivity contribution in [2.24, 2.45) is 5.92 Å². The third-order valence-corrected chi connectivity index (χ3v) is 5.26. The number of aliphatic hydroxyl groups is 1. The van der Waals surface area contributed by atoms with Gasteiger partial charge in [-0.25, -0.2) is 0 Å². The molecule has 0 aromatic carbocycles. The minimum atomic E-state index is -0.412. The summed E-state index contributed by atoms with van der Waals surface area (Å²) in [6.07, 6.45) is 4.43. The van der Waals surface area contributed by atoms with Gasteiger partial charge in [0.25, 0.3) is 0 Å².